The van der Waals surface area contributed by atoms with Gasteiger partial charge in [0.2, 0.25) is 0 Å². The number of anilines is 2. The van der Waals surface area contributed by atoms with E-state index >= 15 is 0 Å². The maximum Gasteiger partial charge on any atom is 0.283 e. The molecule has 0 saturated carbocycles. The minimum Gasteiger partial charge on any atom is -0.350 e. The molecule has 0 aromatic heterocycles. The second kappa shape index (κ2) is 9.12. The quantitative estimate of drug-likeness (QED) is 0.669. The van der Waals surface area contributed by atoms with Gasteiger partial charge in [0.05, 0.1) is 5.69 Å². The Hall–Kier alpha value is -2.83. The number of benzene rings is 2. The smallest absolute Gasteiger partial charge is 0.283 e. The molecule has 0 unspecified atom stereocenters. The summed E-state index contributed by atoms with van der Waals surface area (Å²) >= 11 is 12.1. The molecule has 2 aliphatic heterocycles. The summed E-state index contributed by atoms with van der Waals surface area (Å²) in [6, 6.07) is 13.2. The maximum absolute atomic E-state index is 12.9. The molecule has 0 spiro atoms. The Morgan fingerprint density at radius 3 is 2.23 bits per heavy atom. The van der Waals surface area contributed by atoms with Crippen LogP contribution >= 0.6 is 23.2 Å². The number of amides is 3. The van der Waals surface area contributed by atoms with Crippen LogP contribution in [0.15, 0.2) is 59.3 Å². The van der Waals surface area contributed by atoms with E-state index < -0.39 is 11.8 Å². The average molecular weight is 458 g/mol. The van der Waals surface area contributed by atoms with Gasteiger partial charge in [-0.15, -0.1) is 0 Å². The van der Waals surface area contributed by atoms with Crippen molar-refractivity contribution >= 4 is 52.3 Å². The molecule has 2 aliphatic rings. The molecule has 0 radical (unpaired) electrons. The summed E-state index contributed by atoms with van der Waals surface area (Å²) in [6.07, 6.45) is 4.28. The number of imide groups is 1. The molecule has 1 N–H and O–H groups in total. The van der Waals surface area contributed by atoms with Crippen molar-refractivity contribution in [2.24, 2.45) is 0 Å². The molecule has 0 aliphatic carbocycles. The summed E-state index contributed by atoms with van der Waals surface area (Å²) in [5.41, 5.74) is 1.38. The van der Waals surface area contributed by atoms with Gasteiger partial charge in [0, 0.05) is 29.4 Å². The number of hydrogen-bond donors (Lipinski definition) is 1. The topological polar surface area (TPSA) is 69.7 Å². The van der Waals surface area contributed by atoms with Crippen LogP contribution in [0.2, 0.25) is 5.02 Å². The van der Waals surface area contributed by atoms with E-state index in [4.69, 9.17) is 23.2 Å². The zero-order valence-corrected chi connectivity index (χ0v) is 18.2. The fourth-order valence-corrected chi connectivity index (χ4v) is 4.11. The molecule has 2 aromatic rings. The van der Waals surface area contributed by atoms with Gasteiger partial charge in [-0.3, -0.25) is 14.4 Å². The molecule has 2 aromatic carbocycles. The molecule has 3 amide bonds. The molecular weight excluding hydrogens is 437 g/mol. The predicted molar refractivity (Wildman–Crippen MR) is 121 cm³/mol. The Bertz CT molecular complexity index is 1060. The fourth-order valence-electron chi connectivity index (χ4n) is 3.77. The number of carbonyl (C=O) groups is 3. The third kappa shape index (κ3) is 4.45. The lowest BCUT2D eigenvalue weighted by Crippen LogP contribution is -2.32. The van der Waals surface area contributed by atoms with Gasteiger partial charge in [0.1, 0.15) is 10.7 Å². The van der Waals surface area contributed by atoms with Crippen LogP contribution in [-0.4, -0.2) is 35.7 Å². The zero-order chi connectivity index (χ0) is 22.0. The summed E-state index contributed by atoms with van der Waals surface area (Å²) < 4.78 is 0. The lowest BCUT2D eigenvalue weighted by molar-refractivity contribution is -0.120. The number of hydrogen-bond acceptors (Lipinski definition) is 4. The van der Waals surface area contributed by atoms with E-state index in [-0.39, 0.29) is 16.6 Å². The Morgan fingerprint density at radius 2 is 1.55 bits per heavy atom. The molecule has 1 fully saturated rings. The number of nitrogens with zero attached hydrogens (tertiary/aromatic N) is 2. The first-order valence-electron chi connectivity index (χ1n) is 10.2. The van der Waals surface area contributed by atoms with Crippen LogP contribution in [0.4, 0.5) is 11.4 Å². The van der Waals surface area contributed by atoms with Gasteiger partial charge in [-0.25, -0.2) is 4.90 Å². The van der Waals surface area contributed by atoms with Gasteiger partial charge in [0.15, 0.2) is 0 Å². The number of rotatable bonds is 4. The zero-order valence-electron chi connectivity index (χ0n) is 16.7. The Balaban J connectivity index is 1.54. The van der Waals surface area contributed by atoms with E-state index in [1.54, 1.807) is 48.5 Å². The van der Waals surface area contributed by atoms with E-state index in [2.05, 4.69) is 5.32 Å². The van der Waals surface area contributed by atoms with Crippen LogP contribution in [0.1, 0.15) is 36.0 Å². The second-order valence-electron chi connectivity index (χ2n) is 7.52. The van der Waals surface area contributed by atoms with Crippen molar-refractivity contribution in [2.45, 2.75) is 25.7 Å². The standard InChI is InChI=1S/C23H21Cl2N3O3/c24-16-8-10-18(11-9-16)28-22(30)19(25)20(23(28)31)26-17-7-5-6-15(14-17)21(29)27-12-3-1-2-4-13-27/h5-11,14,26H,1-4,12-13H2. The van der Waals surface area contributed by atoms with E-state index in [0.717, 1.165) is 43.7 Å². The monoisotopic (exact) mass is 457 g/mol. The van der Waals surface area contributed by atoms with Gasteiger partial charge < -0.3 is 10.2 Å². The third-order valence-electron chi connectivity index (χ3n) is 5.38. The molecule has 2 heterocycles. The van der Waals surface area contributed by atoms with Crippen LogP contribution in [0.25, 0.3) is 0 Å². The molecule has 0 atom stereocenters. The molecule has 4 rings (SSSR count). The first kappa shape index (κ1) is 21.4. The van der Waals surface area contributed by atoms with Crippen molar-refractivity contribution in [3.05, 3.63) is 69.8 Å². The maximum atomic E-state index is 12.9. The van der Waals surface area contributed by atoms with Gasteiger partial charge in [-0.05, 0) is 55.3 Å². The number of likely N-dealkylation sites (tertiary alicyclic amines) is 1. The lowest BCUT2D eigenvalue weighted by Gasteiger charge is -2.20. The summed E-state index contributed by atoms with van der Waals surface area (Å²) in [7, 11) is 0. The van der Waals surface area contributed by atoms with Crippen molar-refractivity contribution in [3.63, 3.8) is 0 Å². The summed E-state index contributed by atoms with van der Waals surface area (Å²) in [6.45, 7) is 1.49. The molecule has 1 saturated heterocycles. The van der Waals surface area contributed by atoms with E-state index in [0.29, 0.717) is 22.0 Å². The van der Waals surface area contributed by atoms with Crippen LogP contribution in [-0.2, 0) is 9.59 Å². The highest BCUT2D eigenvalue weighted by Gasteiger charge is 2.39. The molecule has 160 valence electrons. The van der Waals surface area contributed by atoms with Crippen LogP contribution in [0.3, 0.4) is 0 Å². The Morgan fingerprint density at radius 1 is 0.871 bits per heavy atom. The minimum atomic E-state index is -0.617. The number of nitrogens with one attached hydrogen (secondary N) is 1. The van der Waals surface area contributed by atoms with Crippen molar-refractivity contribution in [2.75, 3.05) is 23.3 Å². The average Bonchev–Trinajstić information content (AvgIpc) is 2.98. The fraction of sp³-hybridized carbons (Fsp3) is 0.261. The van der Waals surface area contributed by atoms with Crippen LogP contribution in [0, 0.1) is 0 Å². The van der Waals surface area contributed by atoms with Crippen molar-refractivity contribution in [3.8, 4) is 0 Å². The van der Waals surface area contributed by atoms with Gasteiger partial charge in [0.25, 0.3) is 17.7 Å². The highest BCUT2D eigenvalue weighted by Crippen LogP contribution is 2.31. The molecule has 31 heavy (non-hydrogen) atoms. The number of carbonyl (C=O) groups excluding carboxylic acids is 3. The largest absolute Gasteiger partial charge is 0.350 e. The van der Waals surface area contributed by atoms with Crippen molar-refractivity contribution in [1.29, 1.82) is 0 Å². The first-order valence-corrected chi connectivity index (χ1v) is 10.9. The number of halogens is 2. The third-order valence-corrected chi connectivity index (χ3v) is 5.99. The van der Waals surface area contributed by atoms with Crippen molar-refractivity contribution in [1.82, 2.24) is 4.90 Å². The van der Waals surface area contributed by atoms with Gasteiger partial charge in [-0.2, -0.15) is 0 Å². The second-order valence-corrected chi connectivity index (χ2v) is 8.34. The Kier molecular flexibility index (Phi) is 6.30. The van der Waals surface area contributed by atoms with Gasteiger partial charge in [-0.1, -0.05) is 42.1 Å². The lowest BCUT2D eigenvalue weighted by atomic mass is 10.1. The molecule has 0 bridgehead atoms. The highest BCUT2D eigenvalue weighted by atomic mass is 35.5. The van der Waals surface area contributed by atoms with Crippen LogP contribution < -0.4 is 10.2 Å². The first-order chi connectivity index (χ1) is 15.0. The van der Waals surface area contributed by atoms with Crippen LogP contribution in [0.5, 0.6) is 0 Å². The van der Waals surface area contributed by atoms with E-state index in [1.807, 2.05) is 4.90 Å². The predicted octanol–water partition coefficient (Wildman–Crippen LogP) is 4.79. The summed E-state index contributed by atoms with van der Waals surface area (Å²) in [5, 5.41) is 3.22. The molecule has 6 nitrogen and oxygen atoms in total. The SMILES string of the molecule is O=C(c1cccc(NC2=C(Cl)C(=O)N(c3ccc(Cl)cc3)C2=O)c1)N1CCCCCC1. The van der Waals surface area contributed by atoms with E-state index in [1.165, 1.54) is 0 Å². The molecule has 8 heteroatoms. The normalized spacial score (nSPS) is 17.2. The molecular formula is C23H21Cl2N3O3. The minimum absolute atomic E-state index is 0.0269. The summed E-state index contributed by atoms with van der Waals surface area (Å²) in [5.74, 6) is -1.22. The Labute approximate surface area is 190 Å². The summed E-state index contributed by atoms with van der Waals surface area (Å²) in [4.78, 5) is 41.3. The van der Waals surface area contributed by atoms with E-state index in [9.17, 15) is 14.4 Å². The highest BCUT2D eigenvalue weighted by molar-refractivity contribution is 6.53. The van der Waals surface area contributed by atoms with Crippen molar-refractivity contribution < 1.29 is 14.4 Å². The van der Waals surface area contributed by atoms with Gasteiger partial charge >= 0.3 is 0 Å².